The second-order valence-corrected chi connectivity index (χ2v) is 8.42. The van der Waals surface area contributed by atoms with Crippen LogP contribution in [0.1, 0.15) is 27.5 Å². The maximum absolute atomic E-state index is 12.7. The first-order chi connectivity index (χ1) is 13.1. The lowest BCUT2D eigenvalue weighted by atomic mass is 10.1. The zero-order chi connectivity index (χ0) is 20.5. The number of aromatic nitrogens is 1. The van der Waals surface area contributed by atoms with Crippen molar-refractivity contribution in [3.05, 3.63) is 57.8 Å². The first-order valence-corrected chi connectivity index (χ1v) is 10.0. The Bertz CT molecular complexity index is 991. The Balaban J connectivity index is 1.72. The molecular formula is C19H16F3NO3S2. The molecule has 0 amide bonds. The van der Waals surface area contributed by atoms with E-state index < -0.39 is 17.7 Å². The molecular weight excluding hydrogens is 411 g/mol. The molecule has 148 valence electrons. The van der Waals surface area contributed by atoms with Crippen LogP contribution in [0.4, 0.5) is 13.2 Å². The molecule has 0 spiro atoms. The number of aryl methyl sites for hydroxylation is 2. The highest BCUT2D eigenvalue weighted by Gasteiger charge is 2.30. The second kappa shape index (κ2) is 8.00. The molecule has 0 aliphatic rings. The van der Waals surface area contributed by atoms with Crippen molar-refractivity contribution < 1.29 is 27.5 Å². The molecule has 2 heterocycles. The SMILES string of the molecule is Cc1nc(SCc2cc(-c3ccc(C(F)(F)F)cc3)oc2C)sc1CC(=O)O. The molecule has 3 rings (SSSR count). The lowest BCUT2D eigenvalue weighted by molar-refractivity contribution is -0.138. The maximum Gasteiger partial charge on any atom is 0.416 e. The molecule has 1 aromatic carbocycles. The number of rotatable bonds is 6. The van der Waals surface area contributed by atoms with Gasteiger partial charge in [-0.15, -0.1) is 11.3 Å². The van der Waals surface area contributed by atoms with Gasteiger partial charge in [0.15, 0.2) is 4.34 Å². The summed E-state index contributed by atoms with van der Waals surface area (Å²) in [5.74, 6) is 0.857. The van der Waals surface area contributed by atoms with Crippen molar-refractivity contribution in [1.82, 2.24) is 4.98 Å². The quantitative estimate of drug-likeness (QED) is 0.492. The Morgan fingerprint density at radius 1 is 1.25 bits per heavy atom. The molecule has 0 fully saturated rings. The number of benzene rings is 1. The molecule has 1 N–H and O–H groups in total. The largest absolute Gasteiger partial charge is 0.481 e. The fraction of sp³-hybridized carbons (Fsp3) is 0.263. The number of hydrogen-bond donors (Lipinski definition) is 1. The van der Waals surface area contributed by atoms with E-state index in [2.05, 4.69) is 4.98 Å². The smallest absolute Gasteiger partial charge is 0.416 e. The lowest BCUT2D eigenvalue weighted by Gasteiger charge is -2.06. The Kier molecular flexibility index (Phi) is 5.85. The zero-order valence-electron chi connectivity index (χ0n) is 15.0. The Morgan fingerprint density at radius 3 is 2.54 bits per heavy atom. The van der Waals surface area contributed by atoms with Crippen LogP contribution in [-0.4, -0.2) is 16.1 Å². The summed E-state index contributed by atoms with van der Waals surface area (Å²) in [6.07, 6.45) is -4.42. The van der Waals surface area contributed by atoms with Gasteiger partial charge in [0, 0.05) is 21.8 Å². The summed E-state index contributed by atoms with van der Waals surface area (Å²) in [5.41, 5.74) is 1.49. The first-order valence-electron chi connectivity index (χ1n) is 8.21. The Labute approximate surface area is 167 Å². The number of furan rings is 1. The average Bonchev–Trinajstić information content (AvgIpc) is 3.14. The minimum Gasteiger partial charge on any atom is -0.481 e. The van der Waals surface area contributed by atoms with Gasteiger partial charge in [0.05, 0.1) is 17.7 Å². The van der Waals surface area contributed by atoms with Gasteiger partial charge < -0.3 is 9.52 Å². The number of carboxylic acids is 1. The molecule has 4 nitrogen and oxygen atoms in total. The Morgan fingerprint density at radius 2 is 1.93 bits per heavy atom. The standard InChI is InChI=1S/C19H16F3NO3S2/c1-10-16(8-17(24)25)28-18(23-10)27-9-13-7-15(26-11(13)2)12-3-5-14(6-4-12)19(20,21)22/h3-7H,8-9H2,1-2H3,(H,24,25). The molecule has 0 unspecified atom stereocenters. The number of thioether (sulfide) groups is 1. The molecule has 0 saturated carbocycles. The average molecular weight is 427 g/mol. The van der Waals surface area contributed by atoms with Crippen molar-refractivity contribution in [2.45, 2.75) is 36.5 Å². The third kappa shape index (κ3) is 4.77. The summed E-state index contributed by atoms with van der Waals surface area (Å²) in [5, 5.41) is 8.91. The fourth-order valence-electron chi connectivity index (χ4n) is 2.53. The minimum absolute atomic E-state index is 0.0487. The van der Waals surface area contributed by atoms with Crippen molar-refractivity contribution in [2.75, 3.05) is 0 Å². The predicted molar refractivity (Wildman–Crippen MR) is 102 cm³/mol. The molecule has 0 aliphatic carbocycles. The van der Waals surface area contributed by atoms with Gasteiger partial charge in [-0.2, -0.15) is 13.2 Å². The van der Waals surface area contributed by atoms with Gasteiger partial charge in [0.25, 0.3) is 0 Å². The molecule has 28 heavy (non-hydrogen) atoms. The van der Waals surface area contributed by atoms with Gasteiger partial charge in [-0.25, -0.2) is 4.98 Å². The van der Waals surface area contributed by atoms with E-state index in [9.17, 15) is 18.0 Å². The van der Waals surface area contributed by atoms with Crippen LogP contribution in [0.2, 0.25) is 0 Å². The second-order valence-electron chi connectivity index (χ2n) is 6.11. The van der Waals surface area contributed by atoms with E-state index >= 15 is 0 Å². The summed E-state index contributed by atoms with van der Waals surface area (Å²) >= 11 is 2.82. The molecule has 0 radical (unpaired) electrons. The van der Waals surface area contributed by atoms with Gasteiger partial charge >= 0.3 is 12.1 Å². The number of carbonyl (C=O) groups is 1. The van der Waals surface area contributed by atoms with E-state index in [1.165, 1.54) is 35.2 Å². The fourth-order valence-corrected chi connectivity index (χ4v) is 4.80. The number of nitrogens with zero attached hydrogens (tertiary/aromatic N) is 1. The van der Waals surface area contributed by atoms with Crippen molar-refractivity contribution in [2.24, 2.45) is 0 Å². The third-order valence-electron chi connectivity index (χ3n) is 4.05. The molecule has 0 bridgehead atoms. The van der Waals surface area contributed by atoms with E-state index in [1.54, 1.807) is 13.8 Å². The lowest BCUT2D eigenvalue weighted by Crippen LogP contribution is -2.03. The highest BCUT2D eigenvalue weighted by atomic mass is 32.2. The highest BCUT2D eigenvalue weighted by molar-refractivity contribution is 8.00. The summed E-state index contributed by atoms with van der Waals surface area (Å²) in [7, 11) is 0. The van der Waals surface area contributed by atoms with Gasteiger partial charge in [-0.1, -0.05) is 23.9 Å². The van der Waals surface area contributed by atoms with Crippen LogP contribution in [0.5, 0.6) is 0 Å². The zero-order valence-corrected chi connectivity index (χ0v) is 16.6. The number of alkyl halides is 3. The first kappa shape index (κ1) is 20.5. The van der Waals surface area contributed by atoms with Crippen LogP contribution in [0.25, 0.3) is 11.3 Å². The van der Waals surface area contributed by atoms with Crippen LogP contribution in [0, 0.1) is 13.8 Å². The molecule has 2 aromatic heterocycles. The molecule has 0 atom stereocenters. The van der Waals surface area contributed by atoms with Gasteiger partial charge in [0.1, 0.15) is 11.5 Å². The van der Waals surface area contributed by atoms with Crippen molar-refractivity contribution in [3.63, 3.8) is 0 Å². The normalized spacial score (nSPS) is 11.8. The third-order valence-corrected chi connectivity index (χ3v) is 6.40. The molecule has 0 saturated heterocycles. The molecule has 0 aliphatic heterocycles. The van der Waals surface area contributed by atoms with E-state index in [0.29, 0.717) is 28.5 Å². The highest BCUT2D eigenvalue weighted by Crippen LogP contribution is 2.35. The number of aliphatic carboxylic acids is 1. The van der Waals surface area contributed by atoms with E-state index in [1.807, 2.05) is 6.07 Å². The van der Waals surface area contributed by atoms with Crippen molar-refractivity contribution >= 4 is 29.1 Å². The van der Waals surface area contributed by atoms with Crippen LogP contribution in [0.3, 0.4) is 0 Å². The number of thiazole rings is 1. The van der Waals surface area contributed by atoms with Gasteiger partial charge in [-0.05, 0) is 32.0 Å². The van der Waals surface area contributed by atoms with Crippen LogP contribution in [-0.2, 0) is 23.1 Å². The van der Waals surface area contributed by atoms with Gasteiger partial charge in [-0.3, -0.25) is 4.79 Å². The number of carboxylic acid groups (broad SMARTS) is 1. The van der Waals surface area contributed by atoms with Crippen molar-refractivity contribution in [3.8, 4) is 11.3 Å². The summed E-state index contributed by atoms with van der Waals surface area (Å²) < 4.78 is 44.5. The van der Waals surface area contributed by atoms with E-state index in [0.717, 1.165) is 26.9 Å². The summed E-state index contributed by atoms with van der Waals surface area (Å²) in [6.45, 7) is 3.58. The maximum atomic E-state index is 12.7. The summed E-state index contributed by atoms with van der Waals surface area (Å²) in [6, 6.07) is 6.65. The van der Waals surface area contributed by atoms with Crippen LogP contribution < -0.4 is 0 Å². The van der Waals surface area contributed by atoms with E-state index in [-0.39, 0.29) is 6.42 Å². The molecule has 9 heteroatoms. The van der Waals surface area contributed by atoms with Crippen LogP contribution >= 0.6 is 23.1 Å². The monoisotopic (exact) mass is 427 g/mol. The van der Waals surface area contributed by atoms with Crippen molar-refractivity contribution in [1.29, 1.82) is 0 Å². The van der Waals surface area contributed by atoms with E-state index in [4.69, 9.17) is 9.52 Å². The summed E-state index contributed by atoms with van der Waals surface area (Å²) in [4.78, 5) is 16.0. The van der Waals surface area contributed by atoms with Crippen LogP contribution in [0.15, 0.2) is 39.1 Å². The Hall–Kier alpha value is -2.26. The predicted octanol–water partition coefficient (Wildman–Crippen LogP) is 5.96. The minimum atomic E-state index is -4.37. The number of halogens is 3. The molecule has 3 aromatic rings. The number of hydrogen-bond acceptors (Lipinski definition) is 5. The topological polar surface area (TPSA) is 63.3 Å². The van der Waals surface area contributed by atoms with Gasteiger partial charge in [0.2, 0.25) is 0 Å².